The molecule has 1 amide bonds. The zero-order valence-corrected chi connectivity index (χ0v) is 25.4. The van der Waals surface area contributed by atoms with Crippen LogP contribution in [0.4, 0.5) is 17.1 Å². The third kappa shape index (κ3) is 6.55. The molecular weight excluding hydrogens is 576 g/mol. The summed E-state index contributed by atoms with van der Waals surface area (Å²) in [6, 6.07) is 15.3. The molecule has 0 atom stereocenters. The van der Waals surface area contributed by atoms with E-state index in [4.69, 9.17) is 27.9 Å². The Morgan fingerprint density at radius 3 is 2.36 bits per heavy atom. The van der Waals surface area contributed by atoms with Gasteiger partial charge in [-0.25, -0.2) is 0 Å². The number of amides is 1. The molecule has 0 saturated carbocycles. The predicted octanol–water partition coefficient (Wildman–Crippen LogP) is 3.71. The summed E-state index contributed by atoms with van der Waals surface area (Å²) in [7, 11) is -3.10. The summed E-state index contributed by atoms with van der Waals surface area (Å²) in [5.41, 5.74) is 0.119. The third-order valence-electron chi connectivity index (χ3n) is 5.70. The van der Waals surface area contributed by atoms with Gasteiger partial charge in [-0.2, -0.15) is 13.5 Å². The molecule has 0 unspecified atom stereocenters. The minimum Gasteiger partial charge on any atom is -0.870 e. The van der Waals surface area contributed by atoms with Gasteiger partial charge in [-0.05, 0) is 48.2 Å². The smallest absolute Gasteiger partial charge is 0.870 e. The van der Waals surface area contributed by atoms with Gasteiger partial charge in [0, 0.05) is 22.2 Å². The number of halogens is 2. The summed E-state index contributed by atoms with van der Waals surface area (Å²) >= 11 is 12.4. The largest absolute Gasteiger partial charge is 1.00 e. The first-order valence-corrected chi connectivity index (χ1v) is 13.3. The average Bonchev–Trinajstić information content (AvgIpc) is 2.87. The van der Waals surface area contributed by atoms with Gasteiger partial charge >= 0.3 is 29.6 Å². The van der Waals surface area contributed by atoms with E-state index < -0.39 is 21.8 Å². The quantitative estimate of drug-likeness (QED) is 0.189. The van der Waals surface area contributed by atoms with Crippen LogP contribution < -0.4 is 44.7 Å². The Morgan fingerprint density at radius 1 is 1.03 bits per heavy atom. The van der Waals surface area contributed by atoms with Crippen LogP contribution >= 0.6 is 23.2 Å². The van der Waals surface area contributed by atoms with Crippen molar-refractivity contribution in [1.82, 2.24) is 0 Å². The van der Waals surface area contributed by atoms with Gasteiger partial charge in [0.05, 0.1) is 27.7 Å². The number of nitrogens with one attached hydrogen (secondary N) is 1. The van der Waals surface area contributed by atoms with E-state index in [1.807, 2.05) is 0 Å². The summed E-state index contributed by atoms with van der Waals surface area (Å²) in [5, 5.41) is 25.6. The van der Waals surface area contributed by atoms with E-state index in [9.17, 15) is 22.9 Å². The number of rotatable bonds is 7. The predicted molar refractivity (Wildman–Crippen MR) is 144 cm³/mol. The number of hydrogen-bond acceptors (Lipinski definition) is 7. The van der Waals surface area contributed by atoms with Crippen molar-refractivity contribution in [3.05, 3.63) is 81.8 Å². The van der Waals surface area contributed by atoms with Crippen molar-refractivity contribution in [2.45, 2.75) is 18.2 Å². The second-order valence-corrected chi connectivity index (χ2v) is 10.2. The van der Waals surface area contributed by atoms with E-state index in [2.05, 4.69) is 15.5 Å². The molecule has 39 heavy (non-hydrogen) atoms. The Morgan fingerprint density at radius 2 is 1.72 bits per heavy atom. The van der Waals surface area contributed by atoms with Crippen molar-refractivity contribution in [2.75, 3.05) is 12.4 Å². The first-order valence-electron chi connectivity index (χ1n) is 11.1. The van der Waals surface area contributed by atoms with Crippen LogP contribution in [0.15, 0.2) is 75.8 Å². The van der Waals surface area contributed by atoms with E-state index in [-0.39, 0.29) is 73.4 Å². The summed E-state index contributed by atoms with van der Waals surface area (Å²) in [6.45, 7) is 1.66. The van der Waals surface area contributed by atoms with Gasteiger partial charge in [-0.3, -0.25) is 9.35 Å². The van der Waals surface area contributed by atoms with Crippen molar-refractivity contribution < 1.29 is 57.2 Å². The maximum Gasteiger partial charge on any atom is 1.00 e. The van der Waals surface area contributed by atoms with Crippen molar-refractivity contribution >= 4 is 67.1 Å². The van der Waals surface area contributed by atoms with Crippen LogP contribution in [0.3, 0.4) is 0 Å². The van der Waals surface area contributed by atoms with E-state index in [0.717, 1.165) is 0 Å². The van der Waals surface area contributed by atoms with Gasteiger partial charge < -0.3 is 15.2 Å². The molecule has 0 aromatic heterocycles. The topological polar surface area (TPSA) is 140 Å². The van der Waals surface area contributed by atoms with Crippen molar-refractivity contribution in [2.24, 2.45) is 10.2 Å². The average molecular weight is 596 g/mol. The standard InChI is InChI=1S/C26H21Cl2N3O6S.Na/c1-3-16-22(38(34,35)36)11-9-19(27)23(16)30-31-24-17-7-5-4-6-14(17)12-18(25(24)32)26(33)29-15-8-10-21(37-2)20(28)13-15;/h4-13,32H,3H2,1-2H3,(H,29,33)(H,34,35,36);/q;+1/p-1. The number of ether oxygens (including phenoxy) is 1. The Balaban J connectivity index is 0.00000420. The van der Waals surface area contributed by atoms with Crippen LogP contribution in [0.5, 0.6) is 11.5 Å². The Kier molecular flexibility index (Phi) is 10.0. The number of fused-ring (bicyclic) bond motifs is 1. The molecular formula is C26H20Cl2N3NaO6S. The number of carbonyl (C=O) groups excluding carboxylic acids is 1. The number of nitrogens with zero attached hydrogens (tertiary/aromatic N) is 2. The number of anilines is 1. The fourth-order valence-electron chi connectivity index (χ4n) is 3.90. The molecule has 0 aliphatic rings. The fourth-order valence-corrected chi connectivity index (χ4v) is 5.17. The van der Waals surface area contributed by atoms with Gasteiger partial charge in [0.2, 0.25) is 0 Å². The van der Waals surface area contributed by atoms with Gasteiger partial charge in [-0.15, -0.1) is 5.11 Å². The second kappa shape index (κ2) is 12.6. The number of benzene rings is 4. The van der Waals surface area contributed by atoms with Crippen LogP contribution in [-0.2, 0) is 16.5 Å². The van der Waals surface area contributed by atoms with E-state index in [0.29, 0.717) is 22.2 Å². The summed E-state index contributed by atoms with van der Waals surface area (Å²) in [4.78, 5) is 12.7. The van der Waals surface area contributed by atoms with Crippen LogP contribution in [0.25, 0.3) is 10.8 Å². The van der Waals surface area contributed by atoms with Crippen molar-refractivity contribution in [3.8, 4) is 11.5 Å². The molecule has 0 fully saturated rings. The molecule has 0 saturated heterocycles. The molecule has 0 spiro atoms. The molecule has 4 rings (SSSR count). The van der Waals surface area contributed by atoms with Crippen molar-refractivity contribution in [3.63, 3.8) is 0 Å². The van der Waals surface area contributed by atoms with Gasteiger partial charge in [0.15, 0.2) is 0 Å². The van der Waals surface area contributed by atoms with Crippen LogP contribution in [0.1, 0.15) is 22.8 Å². The molecule has 4 aromatic rings. The van der Waals surface area contributed by atoms with Crippen LogP contribution in [0.2, 0.25) is 10.0 Å². The molecule has 0 aliphatic heterocycles. The number of azo groups is 1. The zero-order chi connectivity index (χ0) is 27.6. The maximum absolute atomic E-state index is 13.4. The summed E-state index contributed by atoms with van der Waals surface area (Å²) in [5.74, 6) is -0.977. The van der Waals surface area contributed by atoms with E-state index in [1.54, 1.807) is 43.3 Å². The molecule has 0 heterocycles. The Hall–Kier alpha value is -2.70. The van der Waals surface area contributed by atoms with Crippen LogP contribution in [0, 0.1) is 0 Å². The first-order chi connectivity index (χ1) is 18.0. The minimum absolute atomic E-state index is 0. The van der Waals surface area contributed by atoms with Crippen LogP contribution in [-0.4, -0.2) is 26.0 Å². The first kappa shape index (κ1) is 30.8. The Bertz CT molecular complexity index is 1710. The SMILES string of the molecule is CCc1c(S(=O)(=O)O)ccc(Cl)c1N=Nc1c([O-])c(C(=O)Nc2ccc(OC)c(Cl)c2)cc2ccccc12.[Na+]. The van der Waals surface area contributed by atoms with Gasteiger partial charge in [0.1, 0.15) is 11.4 Å². The molecule has 0 radical (unpaired) electrons. The molecule has 4 aromatic carbocycles. The maximum atomic E-state index is 13.4. The molecule has 0 aliphatic carbocycles. The molecule has 9 nitrogen and oxygen atoms in total. The minimum atomic E-state index is -4.56. The monoisotopic (exact) mass is 595 g/mol. The number of methoxy groups -OCH3 is 1. The molecule has 0 bridgehead atoms. The molecule has 13 heteroatoms. The third-order valence-corrected chi connectivity index (χ3v) is 7.24. The Labute approximate surface area is 256 Å². The van der Waals surface area contributed by atoms with E-state index in [1.165, 1.54) is 31.4 Å². The molecule has 2 N–H and O–H groups in total. The number of hydrogen-bond donors (Lipinski definition) is 2. The molecule has 196 valence electrons. The summed E-state index contributed by atoms with van der Waals surface area (Å²) in [6.07, 6.45) is 0.155. The summed E-state index contributed by atoms with van der Waals surface area (Å²) < 4.78 is 38.4. The second-order valence-electron chi connectivity index (χ2n) is 8.03. The zero-order valence-electron chi connectivity index (χ0n) is 21.0. The normalized spacial score (nSPS) is 11.4. The number of carbonyl (C=O) groups is 1. The fraction of sp³-hybridized carbons (Fsp3) is 0.115. The van der Waals surface area contributed by atoms with Crippen molar-refractivity contribution in [1.29, 1.82) is 0 Å². The van der Waals surface area contributed by atoms with E-state index >= 15 is 0 Å². The van der Waals surface area contributed by atoms with Gasteiger partial charge in [0.25, 0.3) is 16.0 Å². The van der Waals surface area contributed by atoms with Gasteiger partial charge in [-0.1, -0.05) is 60.1 Å².